The largest absolute Gasteiger partial charge is 0.573 e. The molecule has 1 fully saturated rings. The molecule has 0 bridgehead atoms. The Bertz CT molecular complexity index is 487. The summed E-state index contributed by atoms with van der Waals surface area (Å²) in [6.45, 7) is 0. The second-order valence-electron chi connectivity index (χ2n) is 5.08. The van der Waals surface area contributed by atoms with Gasteiger partial charge in [-0.3, -0.25) is 4.79 Å². The van der Waals surface area contributed by atoms with E-state index in [2.05, 4.69) is 10.1 Å². The molecular formula is C14H16F3NO3. The van der Waals surface area contributed by atoms with E-state index >= 15 is 0 Å². The molecule has 21 heavy (non-hydrogen) atoms. The van der Waals surface area contributed by atoms with Gasteiger partial charge in [0.1, 0.15) is 11.8 Å². The Morgan fingerprint density at radius 2 is 1.95 bits per heavy atom. The Morgan fingerprint density at radius 1 is 1.29 bits per heavy atom. The van der Waals surface area contributed by atoms with E-state index in [0.717, 1.165) is 18.4 Å². The van der Waals surface area contributed by atoms with E-state index in [1.54, 1.807) is 12.1 Å². The van der Waals surface area contributed by atoms with Crippen LogP contribution in [0.2, 0.25) is 0 Å². The number of hydrogen-bond donors (Lipinski definition) is 2. The van der Waals surface area contributed by atoms with Crippen molar-refractivity contribution in [3.8, 4) is 5.75 Å². The van der Waals surface area contributed by atoms with Gasteiger partial charge in [0.15, 0.2) is 0 Å². The van der Waals surface area contributed by atoms with Crippen molar-refractivity contribution in [3.63, 3.8) is 0 Å². The molecule has 0 aromatic heterocycles. The van der Waals surface area contributed by atoms with Crippen molar-refractivity contribution in [3.05, 3.63) is 29.8 Å². The minimum atomic E-state index is -4.69. The molecule has 0 saturated carbocycles. The minimum absolute atomic E-state index is 0.0224. The van der Waals surface area contributed by atoms with Crippen LogP contribution in [0.5, 0.6) is 5.75 Å². The highest BCUT2D eigenvalue weighted by atomic mass is 19.4. The number of halogens is 3. The van der Waals surface area contributed by atoms with Crippen LogP contribution in [0, 0.1) is 0 Å². The maximum absolute atomic E-state index is 12.0. The number of piperidine rings is 1. The van der Waals surface area contributed by atoms with Gasteiger partial charge in [-0.05, 0) is 43.4 Å². The standard InChI is InChI=1S/C14H16F3NO3/c15-14(16,17)21-11-6-4-9(5-7-11)8-10-2-1-3-12(18-10)13(19)20/h4-7,10,12,18H,1-3,8H2,(H,19,20). The lowest BCUT2D eigenvalue weighted by atomic mass is 9.94. The molecule has 2 rings (SSSR count). The third kappa shape index (κ3) is 4.93. The normalized spacial score (nSPS) is 22.8. The molecule has 0 spiro atoms. The predicted molar refractivity (Wildman–Crippen MR) is 69.0 cm³/mol. The smallest absolute Gasteiger partial charge is 0.480 e. The number of benzene rings is 1. The molecule has 1 saturated heterocycles. The van der Waals surface area contributed by atoms with Crippen molar-refractivity contribution in [1.82, 2.24) is 5.32 Å². The predicted octanol–water partition coefficient (Wildman–Crippen LogP) is 2.72. The Balaban J connectivity index is 1.92. The lowest BCUT2D eigenvalue weighted by Crippen LogP contribution is -2.47. The molecule has 1 aromatic carbocycles. The van der Waals surface area contributed by atoms with Crippen molar-refractivity contribution in [2.45, 2.75) is 44.1 Å². The third-order valence-electron chi connectivity index (χ3n) is 3.42. The summed E-state index contributed by atoms with van der Waals surface area (Å²) < 4.78 is 39.9. The van der Waals surface area contributed by atoms with Gasteiger partial charge in [-0.2, -0.15) is 0 Å². The maximum atomic E-state index is 12.0. The summed E-state index contributed by atoms with van der Waals surface area (Å²) in [7, 11) is 0. The minimum Gasteiger partial charge on any atom is -0.480 e. The first-order chi connectivity index (χ1) is 9.83. The molecule has 2 atom stereocenters. The lowest BCUT2D eigenvalue weighted by molar-refractivity contribution is -0.274. The average molecular weight is 303 g/mol. The van der Waals surface area contributed by atoms with Crippen molar-refractivity contribution in [2.24, 2.45) is 0 Å². The summed E-state index contributed by atoms with van der Waals surface area (Å²) in [6, 6.07) is 5.13. The van der Waals surface area contributed by atoms with E-state index in [4.69, 9.17) is 5.11 Å². The number of rotatable bonds is 4. The SMILES string of the molecule is O=C(O)C1CCCC(Cc2ccc(OC(F)(F)F)cc2)N1. The summed E-state index contributed by atoms with van der Waals surface area (Å²) in [5.74, 6) is -1.13. The van der Waals surface area contributed by atoms with Crippen LogP contribution in [0.15, 0.2) is 24.3 Å². The molecule has 2 N–H and O–H groups in total. The molecule has 1 aromatic rings. The number of ether oxygens (including phenoxy) is 1. The molecule has 1 aliphatic heterocycles. The van der Waals surface area contributed by atoms with E-state index < -0.39 is 18.4 Å². The van der Waals surface area contributed by atoms with Crippen molar-refractivity contribution < 1.29 is 27.8 Å². The van der Waals surface area contributed by atoms with Crippen molar-refractivity contribution in [2.75, 3.05) is 0 Å². The fraction of sp³-hybridized carbons (Fsp3) is 0.500. The zero-order valence-electron chi connectivity index (χ0n) is 11.2. The van der Waals surface area contributed by atoms with Gasteiger partial charge in [-0.15, -0.1) is 13.2 Å². The van der Waals surface area contributed by atoms with Crippen LogP contribution < -0.4 is 10.1 Å². The Morgan fingerprint density at radius 3 is 2.52 bits per heavy atom. The molecule has 0 radical (unpaired) electrons. The van der Waals surface area contributed by atoms with Gasteiger partial charge in [0.2, 0.25) is 0 Å². The van der Waals surface area contributed by atoms with Gasteiger partial charge < -0.3 is 15.2 Å². The number of hydrogen-bond acceptors (Lipinski definition) is 3. The lowest BCUT2D eigenvalue weighted by Gasteiger charge is -2.28. The summed E-state index contributed by atoms with van der Waals surface area (Å²) in [5, 5.41) is 12.0. The van der Waals surface area contributed by atoms with Crippen LogP contribution in [-0.4, -0.2) is 29.5 Å². The van der Waals surface area contributed by atoms with E-state index in [0.29, 0.717) is 12.8 Å². The highest BCUT2D eigenvalue weighted by Gasteiger charge is 2.31. The molecule has 1 heterocycles. The Labute approximate surface area is 119 Å². The molecule has 2 unspecified atom stereocenters. The Kier molecular flexibility index (Phi) is 4.72. The summed E-state index contributed by atoms with van der Waals surface area (Å²) >= 11 is 0. The van der Waals surface area contributed by atoms with Crippen LogP contribution in [0.1, 0.15) is 24.8 Å². The fourth-order valence-corrected chi connectivity index (χ4v) is 2.49. The summed E-state index contributed by atoms with van der Waals surface area (Å²) in [6.07, 6.45) is -1.84. The van der Waals surface area contributed by atoms with Gasteiger partial charge >= 0.3 is 12.3 Å². The molecule has 0 amide bonds. The molecule has 116 valence electrons. The van der Waals surface area contributed by atoms with Crippen LogP contribution in [0.4, 0.5) is 13.2 Å². The first-order valence-electron chi connectivity index (χ1n) is 6.67. The number of alkyl halides is 3. The van der Waals surface area contributed by atoms with Gasteiger partial charge in [-0.1, -0.05) is 12.1 Å². The second-order valence-corrected chi connectivity index (χ2v) is 5.08. The van der Waals surface area contributed by atoms with E-state index in [9.17, 15) is 18.0 Å². The third-order valence-corrected chi connectivity index (χ3v) is 3.42. The first kappa shape index (κ1) is 15.6. The van der Waals surface area contributed by atoms with Crippen molar-refractivity contribution >= 4 is 5.97 Å². The van der Waals surface area contributed by atoms with Crippen LogP contribution in [0.3, 0.4) is 0 Å². The highest BCUT2D eigenvalue weighted by molar-refractivity contribution is 5.73. The zero-order chi connectivity index (χ0) is 15.5. The molecule has 1 aliphatic rings. The maximum Gasteiger partial charge on any atom is 0.573 e. The zero-order valence-corrected chi connectivity index (χ0v) is 11.2. The number of aliphatic carboxylic acids is 1. The highest BCUT2D eigenvalue weighted by Crippen LogP contribution is 2.24. The number of nitrogens with one attached hydrogen (secondary N) is 1. The average Bonchev–Trinajstić information content (AvgIpc) is 2.40. The van der Waals surface area contributed by atoms with Crippen LogP contribution in [0.25, 0.3) is 0 Å². The van der Waals surface area contributed by atoms with Crippen LogP contribution >= 0.6 is 0 Å². The number of carboxylic acids is 1. The summed E-state index contributed by atoms with van der Waals surface area (Å²) in [5.41, 5.74) is 0.841. The monoisotopic (exact) mass is 303 g/mol. The second kappa shape index (κ2) is 6.34. The topological polar surface area (TPSA) is 58.6 Å². The summed E-state index contributed by atoms with van der Waals surface area (Å²) in [4.78, 5) is 10.9. The van der Waals surface area contributed by atoms with E-state index in [-0.39, 0.29) is 11.8 Å². The molecule has 7 heteroatoms. The number of carbonyl (C=O) groups is 1. The fourth-order valence-electron chi connectivity index (χ4n) is 2.49. The van der Waals surface area contributed by atoms with Crippen molar-refractivity contribution in [1.29, 1.82) is 0 Å². The quantitative estimate of drug-likeness (QED) is 0.898. The van der Waals surface area contributed by atoms with Gasteiger partial charge in [-0.25, -0.2) is 0 Å². The van der Waals surface area contributed by atoms with Gasteiger partial charge in [0, 0.05) is 6.04 Å². The van der Waals surface area contributed by atoms with Gasteiger partial charge in [0.05, 0.1) is 0 Å². The number of carboxylic acid groups (broad SMARTS) is 1. The van der Waals surface area contributed by atoms with E-state index in [1.165, 1.54) is 12.1 Å². The molecule has 4 nitrogen and oxygen atoms in total. The van der Waals surface area contributed by atoms with Gasteiger partial charge in [0.25, 0.3) is 0 Å². The molecular weight excluding hydrogens is 287 g/mol. The van der Waals surface area contributed by atoms with Crippen LogP contribution in [-0.2, 0) is 11.2 Å². The first-order valence-corrected chi connectivity index (χ1v) is 6.67. The van der Waals surface area contributed by atoms with E-state index in [1.807, 2.05) is 0 Å². The molecule has 0 aliphatic carbocycles. The Hall–Kier alpha value is -1.76.